The minimum absolute atomic E-state index is 0.141. The van der Waals surface area contributed by atoms with Crippen molar-refractivity contribution < 1.29 is 5.11 Å². The molecule has 2 N–H and O–H groups in total. The van der Waals surface area contributed by atoms with E-state index in [1.807, 2.05) is 11.6 Å². The SMILES string of the molecule is Cc1cc(C)n(CC(C)(CO)NC2CC2)n1. The molecule has 4 heteroatoms. The Morgan fingerprint density at radius 3 is 2.69 bits per heavy atom. The predicted octanol–water partition coefficient (Wildman–Crippen LogP) is 1.00. The zero-order valence-corrected chi connectivity index (χ0v) is 10.3. The number of aliphatic hydroxyl groups excluding tert-OH is 1. The second kappa shape index (κ2) is 4.18. The molecule has 1 aromatic heterocycles. The minimum atomic E-state index is -0.260. The highest BCUT2D eigenvalue weighted by atomic mass is 16.3. The first-order valence-corrected chi connectivity index (χ1v) is 5.92. The van der Waals surface area contributed by atoms with Crippen LogP contribution in [0.4, 0.5) is 0 Å². The van der Waals surface area contributed by atoms with Crippen LogP contribution in [0.25, 0.3) is 0 Å². The zero-order chi connectivity index (χ0) is 11.8. The topological polar surface area (TPSA) is 50.1 Å². The van der Waals surface area contributed by atoms with Crippen molar-refractivity contribution in [1.29, 1.82) is 0 Å². The third-order valence-electron chi connectivity index (χ3n) is 3.08. The second-order valence-corrected chi connectivity index (χ2v) is 5.22. The van der Waals surface area contributed by atoms with Gasteiger partial charge < -0.3 is 10.4 Å². The van der Waals surface area contributed by atoms with Crippen LogP contribution in [0.2, 0.25) is 0 Å². The fourth-order valence-corrected chi connectivity index (χ4v) is 2.03. The van der Waals surface area contributed by atoms with Crippen LogP contribution < -0.4 is 5.32 Å². The molecule has 1 aliphatic rings. The molecule has 0 saturated heterocycles. The molecular formula is C12H21N3O. The molecule has 0 spiro atoms. The Morgan fingerprint density at radius 2 is 2.25 bits per heavy atom. The standard InChI is InChI=1S/C12H21N3O/c1-9-6-10(2)15(14-9)7-12(3,8-16)13-11-4-5-11/h6,11,13,16H,4-5,7-8H2,1-3H3. The zero-order valence-electron chi connectivity index (χ0n) is 10.3. The van der Waals surface area contributed by atoms with E-state index >= 15 is 0 Å². The molecule has 1 aliphatic carbocycles. The Bertz CT molecular complexity index is 370. The highest BCUT2D eigenvalue weighted by molar-refractivity contribution is 5.07. The molecule has 1 saturated carbocycles. The van der Waals surface area contributed by atoms with Crippen LogP contribution in [0.5, 0.6) is 0 Å². The summed E-state index contributed by atoms with van der Waals surface area (Å²) in [7, 11) is 0. The van der Waals surface area contributed by atoms with Gasteiger partial charge in [-0.3, -0.25) is 4.68 Å². The summed E-state index contributed by atoms with van der Waals surface area (Å²) in [5.41, 5.74) is 1.92. The third-order valence-corrected chi connectivity index (χ3v) is 3.08. The van der Waals surface area contributed by atoms with Crippen molar-refractivity contribution >= 4 is 0 Å². The van der Waals surface area contributed by atoms with Crippen LogP contribution >= 0.6 is 0 Å². The van der Waals surface area contributed by atoms with Gasteiger partial charge in [0.05, 0.1) is 24.4 Å². The Kier molecular flexibility index (Phi) is 3.04. The van der Waals surface area contributed by atoms with Crippen LogP contribution in [0.3, 0.4) is 0 Å². The van der Waals surface area contributed by atoms with E-state index in [1.54, 1.807) is 0 Å². The lowest BCUT2D eigenvalue weighted by atomic mass is 10.0. The molecular weight excluding hydrogens is 202 g/mol. The first-order chi connectivity index (χ1) is 7.52. The molecule has 1 fully saturated rings. The lowest BCUT2D eigenvalue weighted by Gasteiger charge is -2.29. The molecule has 0 aromatic carbocycles. The summed E-state index contributed by atoms with van der Waals surface area (Å²) in [6.07, 6.45) is 2.46. The van der Waals surface area contributed by atoms with Gasteiger partial charge in [0.1, 0.15) is 0 Å². The van der Waals surface area contributed by atoms with E-state index in [9.17, 15) is 5.11 Å². The van der Waals surface area contributed by atoms with E-state index in [4.69, 9.17) is 0 Å². The molecule has 0 radical (unpaired) electrons. The first-order valence-electron chi connectivity index (χ1n) is 5.92. The van der Waals surface area contributed by atoms with Crippen molar-refractivity contribution in [3.05, 3.63) is 17.5 Å². The van der Waals surface area contributed by atoms with Gasteiger partial charge in [-0.1, -0.05) is 0 Å². The van der Waals surface area contributed by atoms with E-state index in [-0.39, 0.29) is 12.1 Å². The fourth-order valence-electron chi connectivity index (χ4n) is 2.03. The summed E-state index contributed by atoms with van der Waals surface area (Å²) in [6.45, 7) is 6.96. The Morgan fingerprint density at radius 1 is 1.56 bits per heavy atom. The number of hydrogen-bond donors (Lipinski definition) is 2. The molecule has 1 heterocycles. The van der Waals surface area contributed by atoms with Crippen molar-refractivity contribution in [2.75, 3.05) is 6.61 Å². The molecule has 4 nitrogen and oxygen atoms in total. The van der Waals surface area contributed by atoms with Crippen LogP contribution in [0.15, 0.2) is 6.07 Å². The monoisotopic (exact) mass is 223 g/mol. The predicted molar refractivity (Wildman–Crippen MR) is 63.3 cm³/mol. The van der Waals surface area contributed by atoms with E-state index in [2.05, 4.69) is 30.3 Å². The number of rotatable bonds is 5. The van der Waals surface area contributed by atoms with Crippen molar-refractivity contribution in [1.82, 2.24) is 15.1 Å². The van der Waals surface area contributed by atoms with Gasteiger partial charge in [-0.25, -0.2) is 0 Å². The number of hydrogen-bond acceptors (Lipinski definition) is 3. The molecule has 1 unspecified atom stereocenters. The number of nitrogens with zero attached hydrogens (tertiary/aromatic N) is 2. The molecule has 90 valence electrons. The summed E-state index contributed by atoms with van der Waals surface area (Å²) < 4.78 is 1.97. The van der Waals surface area contributed by atoms with Gasteiger partial charge >= 0.3 is 0 Å². The second-order valence-electron chi connectivity index (χ2n) is 5.22. The number of aromatic nitrogens is 2. The first kappa shape index (κ1) is 11.6. The maximum absolute atomic E-state index is 9.52. The van der Waals surface area contributed by atoms with Crippen molar-refractivity contribution in [3.63, 3.8) is 0 Å². The van der Waals surface area contributed by atoms with Crippen molar-refractivity contribution in [2.45, 2.75) is 51.7 Å². The number of aliphatic hydroxyl groups is 1. The highest BCUT2D eigenvalue weighted by Crippen LogP contribution is 2.23. The Labute approximate surface area is 96.7 Å². The summed E-state index contributed by atoms with van der Waals surface area (Å²) in [4.78, 5) is 0. The van der Waals surface area contributed by atoms with Gasteiger partial charge in [-0.15, -0.1) is 0 Å². The largest absolute Gasteiger partial charge is 0.394 e. The summed E-state index contributed by atoms with van der Waals surface area (Å²) in [6, 6.07) is 2.66. The average Bonchev–Trinajstić information content (AvgIpc) is 2.94. The minimum Gasteiger partial charge on any atom is -0.394 e. The van der Waals surface area contributed by atoms with Crippen LogP contribution in [-0.4, -0.2) is 33.1 Å². The molecule has 1 atom stereocenters. The molecule has 0 aliphatic heterocycles. The quantitative estimate of drug-likeness (QED) is 0.783. The summed E-state index contributed by atoms with van der Waals surface area (Å²) in [5.74, 6) is 0. The highest BCUT2D eigenvalue weighted by Gasteiger charge is 2.32. The van der Waals surface area contributed by atoms with Crippen molar-refractivity contribution in [3.8, 4) is 0 Å². The van der Waals surface area contributed by atoms with Gasteiger partial charge in [0.15, 0.2) is 0 Å². The average molecular weight is 223 g/mol. The van der Waals surface area contributed by atoms with E-state index in [0.29, 0.717) is 6.04 Å². The smallest absolute Gasteiger partial charge is 0.0628 e. The molecule has 0 amide bonds. The molecule has 2 rings (SSSR count). The summed E-state index contributed by atoms with van der Waals surface area (Å²) >= 11 is 0. The number of nitrogens with one attached hydrogen (secondary N) is 1. The Hall–Kier alpha value is -0.870. The number of aryl methyl sites for hydroxylation is 2. The van der Waals surface area contributed by atoms with Gasteiger partial charge in [-0.05, 0) is 39.7 Å². The van der Waals surface area contributed by atoms with Gasteiger partial charge in [0.25, 0.3) is 0 Å². The Balaban J connectivity index is 2.07. The lowest BCUT2D eigenvalue weighted by Crippen LogP contribution is -2.50. The van der Waals surface area contributed by atoms with Gasteiger partial charge in [0, 0.05) is 11.7 Å². The van der Waals surface area contributed by atoms with Crippen LogP contribution in [0, 0.1) is 13.8 Å². The van der Waals surface area contributed by atoms with Gasteiger partial charge in [0.2, 0.25) is 0 Å². The van der Waals surface area contributed by atoms with E-state index in [0.717, 1.165) is 17.9 Å². The van der Waals surface area contributed by atoms with Crippen molar-refractivity contribution in [2.24, 2.45) is 0 Å². The van der Waals surface area contributed by atoms with Crippen LogP contribution in [0.1, 0.15) is 31.2 Å². The molecule has 1 aromatic rings. The normalized spacial score (nSPS) is 19.8. The maximum atomic E-state index is 9.52. The van der Waals surface area contributed by atoms with Gasteiger partial charge in [-0.2, -0.15) is 5.10 Å². The molecule has 16 heavy (non-hydrogen) atoms. The third kappa shape index (κ3) is 2.62. The van der Waals surface area contributed by atoms with Crippen LogP contribution in [-0.2, 0) is 6.54 Å². The van der Waals surface area contributed by atoms with E-state index in [1.165, 1.54) is 12.8 Å². The maximum Gasteiger partial charge on any atom is 0.0628 e. The fraction of sp³-hybridized carbons (Fsp3) is 0.750. The lowest BCUT2D eigenvalue weighted by molar-refractivity contribution is 0.150. The summed E-state index contributed by atoms with van der Waals surface area (Å²) in [5, 5.41) is 17.4. The van der Waals surface area contributed by atoms with E-state index < -0.39 is 0 Å². The molecule has 0 bridgehead atoms.